The van der Waals surface area contributed by atoms with E-state index in [0.29, 0.717) is 6.04 Å². The van der Waals surface area contributed by atoms with E-state index in [2.05, 4.69) is 38.0 Å². The molecular weight excluding hydrogens is 192 g/mol. The molecule has 0 atom stereocenters. The topological polar surface area (TPSA) is 24.9 Å². The van der Waals surface area contributed by atoms with Crippen molar-refractivity contribution in [1.82, 2.24) is 10.3 Å². The van der Waals surface area contributed by atoms with Gasteiger partial charge in [-0.1, -0.05) is 20.8 Å². The minimum atomic E-state index is 0.547. The predicted molar refractivity (Wildman–Crippen MR) is 62.8 cm³/mol. The Balaban J connectivity index is 2.58. The second-order valence-electron chi connectivity index (χ2n) is 3.90. The van der Waals surface area contributed by atoms with Crippen LogP contribution < -0.4 is 5.32 Å². The molecule has 0 saturated carbocycles. The minimum absolute atomic E-state index is 0.547. The van der Waals surface area contributed by atoms with Crippen molar-refractivity contribution in [2.24, 2.45) is 0 Å². The molecule has 0 aliphatic carbocycles. The van der Waals surface area contributed by atoms with E-state index >= 15 is 0 Å². The molecule has 1 heterocycles. The van der Waals surface area contributed by atoms with E-state index in [9.17, 15) is 0 Å². The molecule has 1 aromatic heterocycles. The van der Waals surface area contributed by atoms with Crippen molar-refractivity contribution >= 4 is 11.3 Å². The fraction of sp³-hybridized carbons (Fsp3) is 0.727. The van der Waals surface area contributed by atoms with Gasteiger partial charge in [-0.15, -0.1) is 11.3 Å². The Hall–Kier alpha value is -0.410. The molecule has 0 fully saturated rings. The summed E-state index contributed by atoms with van der Waals surface area (Å²) in [7, 11) is 0. The standard InChI is InChI=1S/C11H20N2S/c1-5-6-11-13-9(4)10(14-11)7-12-8(2)3/h8,12H,5-7H2,1-4H3. The maximum absolute atomic E-state index is 4.56. The van der Waals surface area contributed by atoms with Gasteiger partial charge in [-0.3, -0.25) is 0 Å². The zero-order valence-corrected chi connectivity index (χ0v) is 10.4. The van der Waals surface area contributed by atoms with Crippen molar-refractivity contribution in [1.29, 1.82) is 0 Å². The molecule has 0 amide bonds. The highest BCUT2D eigenvalue weighted by atomic mass is 32.1. The van der Waals surface area contributed by atoms with Crippen LogP contribution in [0.25, 0.3) is 0 Å². The molecule has 80 valence electrons. The van der Waals surface area contributed by atoms with E-state index in [-0.39, 0.29) is 0 Å². The molecule has 14 heavy (non-hydrogen) atoms. The van der Waals surface area contributed by atoms with Crippen molar-refractivity contribution in [2.75, 3.05) is 0 Å². The summed E-state index contributed by atoms with van der Waals surface area (Å²) in [6.45, 7) is 9.60. The molecule has 1 N–H and O–H groups in total. The molecule has 2 nitrogen and oxygen atoms in total. The molecule has 0 aliphatic heterocycles. The molecule has 0 unspecified atom stereocenters. The molecule has 3 heteroatoms. The van der Waals surface area contributed by atoms with Crippen molar-refractivity contribution in [2.45, 2.75) is 53.1 Å². The zero-order valence-electron chi connectivity index (χ0n) is 9.55. The highest BCUT2D eigenvalue weighted by Crippen LogP contribution is 2.19. The number of nitrogens with zero attached hydrogens (tertiary/aromatic N) is 1. The summed E-state index contributed by atoms with van der Waals surface area (Å²) < 4.78 is 0. The van der Waals surface area contributed by atoms with Crippen molar-refractivity contribution in [3.63, 3.8) is 0 Å². The number of aryl methyl sites for hydroxylation is 2. The number of hydrogen-bond donors (Lipinski definition) is 1. The summed E-state index contributed by atoms with van der Waals surface area (Å²) in [5.41, 5.74) is 1.20. The SMILES string of the molecule is CCCc1nc(C)c(CNC(C)C)s1. The van der Waals surface area contributed by atoms with Gasteiger partial charge in [-0.25, -0.2) is 4.98 Å². The lowest BCUT2D eigenvalue weighted by Crippen LogP contribution is -2.21. The molecule has 1 aromatic rings. The van der Waals surface area contributed by atoms with Crippen LogP contribution in [0, 0.1) is 6.92 Å². The monoisotopic (exact) mass is 212 g/mol. The number of rotatable bonds is 5. The van der Waals surface area contributed by atoms with Gasteiger partial charge in [-0.05, 0) is 19.8 Å². The third kappa shape index (κ3) is 3.39. The van der Waals surface area contributed by atoms with Gasteiger partial charge in [0.05, 0.1) is 10.7 Å². The van der Waals surface area contributed by atoms with Crippen LogP contribution in [-0.2, 0) is 13.0 Å². The minimum Gasteiger partial charge on any atom is -0.310 e. The lowest BCUT2D eigenvalue weighted by molar-refractivity contribution is 0.591. The molecule has 0 spiro atoms. The van der Waals surface area contributed by atoms with Crippen molar-refractivity contribution in [3.05, 3.63) is 15.6 Å². The van der Waals surface area contributed by atoms with Crippen LogP contribution >= 0.6 is 11.3 Å². The Kier molecular flexibility index (Phi) is 4.55. The first-order valence-electron chi connectivity index (χ1n) is 5.32. The molecule has 1 rings (SSSR count). The highest BCUT2D eigenvalue weighted by Gasteiger charge is 2.06. The Labute approximate surface area is 90.8 Å². The lowest BCUT2D eigenvalue weighted by Gasteiger charge is -2.05. The van der Waals surface area contributed by atoms with Gasteiger partial charge in [0.15, 0.2) is 0 Å². The maximum atomic E-state index is 4.56. The second kappa shape index (κ2) is 5.47. The first-order chi connectivity index (χ1) is 6.63. The van der Waals surface area contributed by atoms with E-state index < -0.39 is 0 Å². The first-order valence-corrected chi connectivity index (χ1v) is 6.13. The smallest absolute Gasteiger partial charge is 0.0931 e. The Morgan fingerprint density at radius 1 is 1.43 bits per heavy atom. The summed E-state index contributed by atoms with van der Waals surface area (Å²) in [6.07, 6.45) is 2.30. The third-order valence-electron chi connectivity index (χ3n) is 2.07. The van der Waals surface area contributed by atoms with E-state index in [1.807, 2.05) is 11.3 Å². The van der Waals surface area contributed by atoms with E-state index in [0.717, 1.165) is 13.0 Å². The summed E-state index contributed by atoms with van der Waals surface area (Å²) in [5.74, 6) is 0. The number of hydrogen-bond acceptors (Lipinski definition) is 3. The predicted octanol–water partition coefficient (Wildman–Crippen LogP) is 2.90. The normalized spacial score (nSPS) is 11.2. The molecular formula is C11H20N2S. The molecule has 0 aliphatic rings. The van der Waals surface area contributed by atoms with Gasteiger partial charge in [0.2, 0.25) is 0 Å². The van der Waals surface area contributed by atoms with Crippen molar-refractivity contribution < 1.29 is 0 Å². The van der Waals surface area contributed by atoms with Gasteiger partial charge in [-0.2, -0.15) is 0 Å². The molecule has 0 bridgehead atoms. The van der Waals surface area contributed by atoms with Crippen LogP contribution in [0.3, 0.4) is 0 Å². The summed E-state index contributed by atoms with van der Waals surface area (Å²) in [5, 5.41) is 4.71. The Morgan fingerprint density at radius 2 is 2.14 bits per heavy atom. The maximum Gasteiger partial charge on any atom is 0.0931 e. The van der Waals surface area contributed by atoms with Gasteiger partial charge in [0.25, 0.3) is 0 Å². The van der Waals surface area contributed by atoms with Gasteiger partial charge in [0.1, 0.15) is 0 Å². The van der Waals surface area contributed by atoms with Crippen LogP contribution in [0.15, 0.2) is 0 Å². The first kappa shape index (κ1) is 11.7. The van der Waals surface area contributed by atoms with Gasteiger partial charge >= 0.3 is 0 Å². The lowest BCUT2D eigenvalue weighted by atomic mass is 10.3. The Bertz CT molecular complexity index is 279. The zero-order chi connectivity index (χ0) is 10.6. The van der Waals surface area contributed by atoms with Crippen LogP contribution in [0.1, 0.15) is 42.8 Å². The van der Waals surface area contributed by atoms with E-state index in [1.165, 1.54) is 22.0 Å². The molecule has 0 aromatic carbocycles. The Morgan fingerprint density at radius 3 is 2.71 bits per heavy atom. The fourth-order valence-electron chi connectivity index (χ4n) is 1.27. The van der Waals surface area contributed by atoms with Crippen LogP contribution in [0.5, 0.6) is 0 Å². The highest BCUT2D eigenvalue weighted by molar-refractivity contribution is 7.11. The van der Waals surface area contributed by atoms with Crippen LogP contribution in [0.4, 0.5) is 0 Å². The summed E-state index contributed by atoms with van der Waals surface area (Å²) in [4.78, 5) is 5.95. The number of nitrogens with one attached hydrogen (secondary N) is 1. The van der Waals surface area contributed by atoms with Crippen LogP contribution in [-0.4, -0.2) is 11.0 Å². The van der Waals surface area contributed by atoms with E-state index in [1.54, 1.807) is 0 Å². The summed E-state index contributed by atoms with van der Waals surface area (Å²) >= 11 is 1.85. The molecule has 0 radical (unpaired) electrons. The number of aromatic nitrogens is 1. The summed E-state index contributed by atoms with van der Waals surface area (Å²) in [6, 6.07) is 0.547. The third-order valence-corrected chi connectivity index (χ3v) is 3.29. The number of thiazole rings is 1. The largest absolute Gasteiger partial charge is 0.310 e. The van der Waals surface area contributed by atoms with E-state index in [4.69, 9.17) is 0 Å². The van der Waals surface area contributed by atoms with Gasteiger partial charge < -0.3 is 5.32 Å². The molecule has 0 saturated heterocycles. The average molecular weight is 212 g/mol. The average Bonchev–Trinajstić information content (AvgIpc) is 2.44. The van der Waals surface area contributed by atoms with Crippen LogP contribution in [0.2, 0.25) is 0 Å². The second-order valence-corrected chi connectivity index (χ2v) is 5.07. The van der Waals surface area contributed by atoms with Gasteiger partial charge in [0, 0.05) is 17.5 Å². The fourth-order valence-corrected chi connectivity index (χ4v) is 2.39. The van der Waals surface area contributed by atoms with Crippen molar-refractivity contribution in [3.8, 4) is 0 Å². The quantitative estimate of drug-likeness (QED) is 0.812.